The van der Waals surface area contributed by atoms with E-state index in [2.05, 4.69) is 15.0 Å². The van der Waals surface area contributed by atoms with Crippen LogP contribution in [0.25, 0.3) is 11.2 Å². The van der Waals surface area contributed by atoms with E-state index in [1.165, 1.54) is 19.3 Å². The zero-order valence-corrected chi connectivity index (χ0v) is 14.6. The summed E-state index contributed by atoms with van der Waals surface area (Å²) in [7, 11) is -4.16. The summed E-state index contributed by atoms with van der Waals surface area (Å²) in [4.78, 5) is 31.1. The number of hydrogen-bond donors (Lipinski definition) is 2. The summed E-state index contributed by atoms with van der Waals surface area (Å²) in [5.41, 5.74) is 2.59. The normalized spacial score (nSPS) is 18.1. The van der Waals surface area contributed by atoms with Gasteiger partial charge in [-0.25, -0.2) is 15.0 Å². The van der Waals surface area contributed by atoms with Crippen LogP contribution in [0.15, 0.2) is 12.7 Å². The van der Waals surface area contributed by atoms with E-state index in [4.69, 9.17) is 14.5 Å². The zero-order chi connectivity index (χ0) is 17.2. The lowest BCUT2D eigenvalue weighted by Crippen LogP contribution is -2.17. The lowest BCUT2D eigenvalue weighted by Gasteiger charge is -2.21. The fraction of sp³-hybridized carbons (Fsp3) is 0.667. The Morgan fingerprint density at radius 3 is 2.75 bits per heavy atom. The van der Waals surface area contributed by atoms with Crippen molar-refractivity contribution in [2.45, 2.75) is 57.6 Å². The molecule has 1 unspecified atom stereocenters. The Bertz CT molecular complexity index is 738. The van der Waals surface area contributed by atoms with Crippen molar-refractivity contribution >= 4 is 18.8 Å². The molecule has 3 rings (SSSR count). The average Bonchev–Trinajstić information content (AvgIpc) is 2.96. The molecule has 0 saturated heterocycles. The minimum absolute atomic E-state index is 0.358. The summed E-state index contributed by atoms with van der Waals surface area (Å²) in [5, 5.41) is 0. The van der Waals surface area contributed by atoms with Gasteiger partial charge in [-0.3, -0.25) is 4.57 Å². The summed E-state index contributed by atoms with van der Waals surface area (Å²) in [6.07, 6.45) is 8.35. The van der Waals surface area contributed by atoms with Crippen LogP contribution in [0.5, 0.6) is 0 Å². The highest BCUT2D eigenvalue weighted by molar-refractivity contribution is 7.51. The second-order valence-corrected chi connectivity index (χ2v) is 8.02. The second kappa shape index (κ2) is 7.27. The highest BCUT2D eigenvalue weighted by Crippen LogP contribution is 2.35. The molecule has 1 saturated carbocycles. The Labute approximate surface area is 140 Å². The van der Waals surface area contributed by atoms with E-state index in [-0.39, 0.29) is 6.10 Å². The van der Waals surface area contributed by atoms with Crippen molar-refractivity contribution < 1.29 is 19.1 Å². The maximum absolute atomic E-state index is 10.9. The lowest BCUT2D eigenvalue weighted by atomic mass is 9.86. The molecule has 1 aliphatic carbocycles. The molecule has 0 spiro atoms. The molecular weight excluding hydrogens is 331 g/mol. The molecule has 2 aromatic heterocycles. The molecule has 132 valence electrons. The van der Waals surface area contributed by atoms with Gasteiger partial charge in [-0.05, 0) is 19.8 Å². The summed E-state index contributed by atoms with van der Waals surface area (Å²) >= 11 is 0. The smallest absolute Gasteiger partial charge is 0.350 e. The SMILES string of the molecule is CC(Cn1cnc2c(C3CCCCC3)ncnc21)OCP(=O)(O)O. The summed E-state index contributed by atoms with van der Waals surface area (Å²) in [6.45, 7) is 2.20. The van der Waals surface area contributed by atoms with Crippen LogP contribution in [-0.4, -0.2) is 41.8 Å². The molecule has 0 bridgehead atoms. The van der Waals surface area contributed by atoms with Gasteiger partial charge in [-0.15, -0.1) is 0 Å². The van der Waals surface area contributed by atoms with Gasteiger partial charge in [0.2, 0.25) is 0 Å². The van der Waals surface area contributed by atoms with Gasteiger partial charge in [0.15, 0.2) is 5.65 Å². The summed E-state index contributed by atoms with van der Waals surface area (Å²) in [5.74, 6) is 0.441. The van der Waals surface area contributed by atoms with E-state index in [1.807, 2.05) is 4.57 Å². The van der Waals surface area contributed by atoms with Gasteiger partial charge in [-0.2, -0.15) is 0 Å². The lowest BCUT2D eigenvalue weighted by molar-refractivity contribution is 0.0764. The largest absolute Gasteiger partial charge is 0.364 e. The van der Waals surface area contributed by atoms with Gasteiger partial charge in [0.05, 0.1) is 24.7 Å². The number of ether oxygens (including phenoxy) is 1. The van der Waals surface area contributed by atoms with Crippen LogP contribution in [0.4, 0.5) is 0 Å². The number of hydrogen-bond acceptors (Lipinski definition) is 5. The molecule has 2 N–H and O–H groups in total. The molecule has 0 radical (unpaired) electrons. The van der Waals surface area contributed by atoms with Crippen molar-refractivity contribution in [3.8, 4) is 0 Å². The quantitative estimate of drug-likeness (QED) is 0.766. The molecule has 0 amide bonds. The topological polar surface area (TPSA) is 110 Å². The summed E-state index contributed by atoms with van der Waals surface area (Å²) < 4.78 is 18.0. The maximum Gasteiger partial charge on any atom is 0.350 e. The average molecular weight is 354 g/mol. The van der Waals surface area contributed by atoms with Gasteiger partial charge < -0.3 is 19.1 Å². The molecule has 2 aromatic rings. The van der Waals surface area contributed by atoms with Crippen molar-refractivity contribution in [3.63, 3.8) is 0 Å². The van der Waals surface area contributed by atoms with E-state index >= 15 is 0 Å². The van der Waals surface area contributed by atoms with Crippen molar-refractivity contribution in [3.05, 3.63) is 18.3 Å². The first kappa shape index (κ1) is 17.5. The Hall–Kier alpha value is -1.34. The molecule has 0 aromatic carbocycles. The number of rotatable bonds is 6. The number of fused-ring (bicyclic) bond motifs is 1. The zero-order valence-electron chi connectivity index (χ0n) is 13.7. The third kappa shape index (κ3) is 4.19. The molecule has 1 atom stereocenters. The van der Waals surface area contributed by atoms with Gasteiger partial charge >= 0.3 is 7.60 Å². The number of imidazole rings is 1. The van der Waals surface area contributed by atoms with Crippen LogP contribution in [0, 0.1) is 0 Å². The Kier molecular flexibility index (Phi) is 5.30. The van der Waals surface area contributed by atoms with Crippen molar-refractivity contribution in [1.82, 2.24) is 19.5 Å². The molecule has 1 fully saturated rings. The van der Waals surface area contributed by atoms with Gasteiger partial charge in [-0.1, -0.05) is 19.3 Å². The molecule has 24 heavy (non-hydrogen) atoms. The van der Waals surface area contributed by atoms with Gasteiger partial charge in [0.1, 0.15) is 18.2 Å². The standard InChI is InChI=1S/C15H23N4O4P/c1-11(23-10-24(20,21)22)7-19-9-18-14-13(16-8-17-15(14)19)12-5-3-2-4-6-12/h8-9,11-12H,2-7,10H2,1H3,(H2,20,21,22). The molecule has 8 nitrogen and oxygen atoms in total. The Morgan fingerprint density at radius 2 is 2.04 bits per heavy atom. The van der Waals surface area contributed by atoms with Gasteiger partial charge in [0.25, 0.3) is 0 Å². The Balaban J connectivity index is 1.77. The first-order valence-corrected chi connectivity index (χ1v) is 10.1. The predicted molar refractivity (Wildman–Crippen MR) is 88.6 cm³/mol. The van der Waals surface area contributed by atoms with Crippen molar-refractivity contribution in [1.29, 1.82) is 0 Å². The molecule has 0 aliphatic heterocycles. The van der Waals surface area contributed by atoms with E-state index in [0.717, 1.165) is 29.7 Å². The highest BCUT2D eigenvalue weighted by Gasteiger charge is 2.22. The van der Waals surface area contributed by atoms with Crippen molar-refractivity contribution in [2.75, 3.05) is 6.35 Å². The number of aromatic nitrogens is 4. The molecular formula is C15H23N4O4P. The number of nitrogens with zero attached hydrogens (tertiary/aromatic N) is 4. The maximum atomic E-state index is 10.9. The highest BCUT2D eigenvalue weighted by atomic mass is 31.2. The van der Waals surface area contributed by atoms with Crippen LogP contribution in [0.1, 0.15) is 50.6 Å². The van der Waals surface area contributed by atoms with E-state index in [1.54, 1.807) is 19.6 Å². The minimum Gasteiger partial charge on any atom is -0.364 e. The van der Waals surface area contributed by atoms with Gasteiger partial charge in [0, 0.05) is 5.92 Å². The molecule has 1 aliphatic rings. The molecule has 9 heteroatoms. The van der Waals surface area contributed by atoms with Crippen LogP contribution in [0.3, 0.4) is 0 Å². The van der Waals surface area contributed by atoms with Crippen molar-refractivity contribution in [2.24, 2.45) is 0 Å². The monoisotopic (exact) mass is 354 g/mol. The predicted octanol–water partition coefficient (Wildman–Crippen LogP) is 2.41. The second-order valence-electron chi connectivity index (χ2n) is 6.43. The first-order chi connectivity index (χ1) is 11.4. The minimum atomic E-state index is -4.16. The Morgan fingerprint density at radius 1 is 1.29 bits per heavy atom. The first-order valence-electron chi connectivity index (χ1n) is 8.26. The van der Waals surface area contributed by atoms with E-state index < -0.39 is 13.9 Å². The van der Waals surface area contributed by atoms with E-state index in [0.29, 0.717) is 12.5 Å². The summed E-state index contributed by atoms with van der Waals surface area (Å²) in [6, 6.07) is 0. The third-order valence-electron chi connectivity index (χ3n) is 4.40. The van der Waals surface area contributed by atoms with Crippen LogP contribution < -0.4 is 0 Å². The third-order valence-corrected chi connectivity index (χ3v) is 4.89. The fourth-order valence-corrected chi connectivity index (χ4v) is 3.71. The fourth-order valence-electron chi connectivity index (χ4n) is 3.26. The van der Waals surface area contributed by atoms with Crippen LogP contribution >= 0.6 is 7.60 Å². The van der Waals surface area contributed by atoms with E-state index in [9.17, 15) is 4.57 Å². The molecule has 2 heterocycles. The van der Waals surface area contributed by atoms with Crippen LogP contribution in [0.2, 0.25) is 0 Å². The van der Waals surface area contributed by atoms with Crippen LogP contribution in [-0.2, 0) is 15.8 Å².